The van der Waals surface area contributed by atoms with Crippen molar-refractivity contribution in [3.05, 3.63) is 24.3 Å². The Bertz CT molecular complexity index is 460. The first-order valence-electron chi connectivity index (χ1n) is 8.75. The van der Waals surface area contributed by atoms with E-state index in [1.165, 1.54) is 12.8 Å². The lowest BCUT2D eigenvalue weighted by atomic mass is 9.44. The monoisotopic (exact) mass is 306 g/mol. The van der Waals surface area contributed by atoms with E-state index in [0.717, 1.165) is 24.8 Å². The third kappa shape index (κ3) is 2.80. The molecule has 2 fully saturated rings. The molecule has 2 N–H and O–H groups in total. The van der Waals surface area contributed by atoms with Crippen LogP contribution in [0.4, 0.5) is 0 Å². The molecule has 2 saturated carbocycles. The molecular formula is C20H34O2. The van der Waals surface area contributed by atoms with Crippen molar-refractivity contribution in [3.63, 3.8) is 0 Å². The maximum atomic E-state index is 11.1. The minimum Gasteiger partial charge on any atom is -0.390 e. The lowest BCUT2D eigenvalue weighted by molar-refractivity contribution is -0.217. The smallest absolute Gasteiger partial charge is 0.0913 e. The van der Waals surface area contributed by atoms with Crippen molar-refractivity contribution >= 4 is 0 Å². The van der Waals surface area contributed by atoms with Crippen molar-refractivity contribution in [2.24, 2.45) is 22.7 Å². The third-order valence-corrected chi connectivity index (χ3v) is 6.91. The third-order valence-electron chi connectivity index (χ3n) is 6.91. The molecule has 5 atom stereocenters. The second kappa shape index (κ2) is 5.79. The van der Waals surface area contributed by atoms with Gasteiger partial charge in [0.05, 0.1) is 11.7 Å². The average Bonchev–Trinajstić information content (AvgIpc) is 2.40. The van der Waals surface area contributed by atoms with E-state index >= 15 is 0 Å². The van der Waals surface area contributed by atoms with Crippen LogP contribution in [0.2, 0.25) is 0 Å². The molecule has 0 radical (unpaired) electrons. The van der Waals surface area contributed by atoms with E-state index in [-0.39, 0.29) is 16.7 Å². The lowest BCUT2D eigenvalue weighted by Gasteiger charge is -2.62. The van der Waals surface area contributed by atoms with Crippen molar-refractivity contribution in [2.45, 2.75) is 78.4 Å². The van der Waals surface area contributed by atoms with E-state index in [2.05, 4.69) is 33.4 Å². The highest BCUT2D eigenvalue weighted by Crippen LogP contribution is 2.62. The predicted molar refractivity (Wildman–Crippen MR) is 92.5 cm³/mol. The van der Waals surface area contributed by atoms with Crippen LogP contribution in [0.3, 0.4) is 0 Å². The van der Waals surface area contributed by atoms with E-state index < -0.39 is 11.7 Å². The number of rotatable bonds is 3. The summed E-state index contributed by atoms with van der Waals surface area (Å²) >= 11 is 0. The van der Waals surface area contributed by atoms with Gasteiger partial charge in [-0.3, -0.25) is 0 Å². The van der Waals surface area contributed by atoms with Crippen LogP contribution in [0, 0.1) is 22.7 Å². The van der Waals surface area contributed by atoms with Gasteiger partial charge in [-0.2, -0.15) is 0 Å². The minimum atomic E-state index is -1.02. The van der Waals surface area contributed by atoms with Crippen LogP contribution >= 0.6 is 0 Å². The van der Waals surface area contributed by atoms with Crippen molar-refractivity contribution in [1.82, 2.24) is 0 Å². The number of allylic oxidation sites excluding steroid dienone is 3. The van der Waals surface area contributed by atoms with Gasteiger partial charge in [0.2, 0.25) is 0 Å². The Labute approximate surface area is 136 Å². The molecule has 0 spiro atoms. The van der Waals surface area contributed by atoms with Gasteiger partial charge in [0.1, 0.15) is 0 Å². The molecule has 22 heavy (non-hydrogen) atoms. The van der Waals surface area contributed by atoms with Crippen LogP contribution < -0.4 is 0 Å². The number of fused-ring (bicyclic) bond motifs is 1. The molecule has 2 rings (SSSR count). The van der Waals surface area contributed by atoms with Gasteiger partial charge in [-0.05, 0) is 62.2 Å². The molecule has 0 unspecified atom stereocenters. The summed E-state index contributed by atoms with van der Waals surface area (Å²) < 4.78 is 0. The molecule has 2 heteroatoms. The normalized spacial score (nSPS) is 45.2. The molecule has 126 valence electrons. The molecule has 0 bridgehead atoms. The highest BCUT2D eigenvalue weighted by Gasteiger charge is 2.60. The fourth-order valence-electron chi connectivity index (χ4n) is 5.43. The van der Waals surface area contributed by atoms with E-state index in [0.29, 0.717) is 5.92 Å². The highest BCUT2D eigenvalue weighted by atomic mass is 16.3. The Morgan fingerprint density at radius 1 is 1.23 bits per heavy atom. The van der Waals surface area contributed by atoms with Crippen molar-refractivity contribution in [3.8, 4) is 0 Å². The topological polar surface area (TPSA) is 40.5 Å². The Morgan fingerprint density at radius 3 is 2.45 bits per heavy atom. The molecule has 0 saturated heterocycles. The van der Waals surface area contributed by atoms with Crippen LogP contribution in [0.1, 0.15) is 66.7 Å². The maximum absolute atomic E-state index is 11.1. The van der Waals surface area contributed by atoms with Crippen LogP contribution in [0.5, 0.6) is 0 Å². The SMILES string of the molecule is C=C/C(C)=C/C[C@H]1[C@@](C)(O)[C@@H](O)C[C@@H]2C(C)(C)CCC[C@@]21C. The zero-order valence-electron chi connectivity index (χ0n) is 15.0. The Balaban J connectivity index is 2.42. The summed E-state index contributed by atoms with van der Waals surface area (Å²) in [4.78, 5) is 0. The van der Waals surface area contributed by atoms with Gasteiger partial charge in [0, 0.05) is 0 Å². The Morgan fingerprint density at radius 2 is 1.86 bits per heavy atom. The number of hydrogen-bond acceptors (Lipinski definition) is 2. The molecule has 0 amide bonds. The summed E-state index contributed by atoms with van der Waals surface area (Å²) in [6.07, 6.45) is 8.51. The number of hydrogen-bond donors (Lipinski definition) is 2. The second-order valence-corrected chi connectivity index (χ2v) is 8.82. The molecule has 2 aliphatic carbocycles. The summed E-state index contributed by atoms with van der Waals surface area (Å²) in [6, 6.07) is 0. The quantitative estimate of drug-likeness (QED) is 0.755. The number of aliphatic hydroxyl groups is 2. The zero-order valence-corrected chi connectivity index (χ0v) is 15.0. The van der Waals surface area contributed by atoms with E-state index in [9.17, 15) is 10.2 Å². The average molecular weight is 306 g/mol. The molecule has 2 aliphatic rings. The van der Waals surface area contributed by atoms with Crippen molar-refractivity contribution in [2.75, 3.05) is 0 Å². The second-order valence-electron chi connectivity index (χ2n) is 8.82. The van der Waals surface area contributed by atoms with Crippen molar-refractivity contribution < 1.29 is 10.2 Å². The standard InChI is InChI=1S/C20H34O2/c1-7-14(2)9-10-15-19(5)12-8-11-18(3,4)16(19)13-17(21)20(15,6)22/h7,9,15-17,21-22H,1,8,10-13H2,2-6H3/b14-9+/t15-,16-,17+,19-,20-/m1/s1. The fourth-order valence-corrected chi connectivity index (χ4v) is 5.43. The van der Waals surface area contributed by atoms with Gasteiger partial charge in [0.25, 0.3) is 0 Å². The van der Waals surface area contributed by atoms with Gasteiger partial charge in [0.15, 0.2) is 0 Å². The molecule has 0 aromatic heterocycles. The first-order valence-corrected chi connectivity index (χ1v) is 8.75. The van der Waals surface area contributed by atoms with Crippen LogP contribution in [-0.2, 0) is 0 Å². The molecular weight excluding hydrogens is 272 g/mol. The molecule has 0 aromatic rings. The van der Waals surface area contributed by atoms with E-state index in [1.54, 1.807) is 0 Å². The summed E-state index contributed by atoms with van der Waals surface area (Å²) in [5.41, 5.74) is 0.449. The predicted octanol–water partition coefficient (Wildman–Crippen LogP) is 4.47. The molecule has 2 nitrogen and oxygen atoms in total. The highest BCUT2D eigenvalue weighted by molar-refractivity contribution is 5.17. The molecule has 0 aromatic carbocycles. The van der Waals surface area contributed by atoms with Gasteiger partial charge in [-0.1, -0.05) is 51.5 Å². The van der Waals surface area contributed by atoms with Gasteiger partial charge >= 0.3 is 0 Å². The van der Waals surface area contributed by atoms with Gasteiger partial charge in [-0.15, -0.1) is 0 Å². The summed E-state index contributed by atoms with van der Waals surface area (Å²) in [7, 11) is 0. The van der Waals surface area contributed by atoms with E-state index in [4.69, 9.17) is 0 Å². The first kappa shape index (κ1) is 17.7. The minimum absolute atomic E-state index is 0.0857. The maximum Gasteiger partial charge on any atom is 0.0913 e. The van der Waals surface area contributed by atoms with E-state index in [1.807, 2.05) is 19.9 Å². The van der Waals surface area contributed by atoms with Gasteiger partial charge in [-0.25, -0.2) is 0 Å². The molecule has 0 heterocycles. The van der Waals surface area contributed by atoms with Gasteiger partial charge < -0.3 is 10.2 Å². The van der Waals surface area contributed by atoms with Crippen LogP contribution in [0.25, 0.3) is 0 Å². The summed E-state index contributed by atoms with van der Waals surface area (Å²) in [6.45, 7) is 14.7. The summed E-state index contributed by atoms with van der Waals surface area (Å²) in [5, 5.41) is 21.7. The Hall–Kier alpha value is -0.600. The largest absolute Gasteiger partial charge is 0.390 e. The number of aliphatic hydroxyl groups excluding tert-OH is 1. The zero-order chi connectivity index (χ0) is 16.8. The first-order chi connectivity index (χ1) is 10.1. The van der Waals surface area contributed by atoms with Crippen LogP contribution in [-0.4, -0.2) is 21.9 Å². The van der Waals surface area contributed by atoms with Crippen LogP contribution in [0.15, 0.2) is 24.3 Å². The lowest BCUT2D eigenvalue weighted by Crippen LogP contribution is -2.63. The summed E-state index contributed by atoms with van der Waals surface area (Å²) in [5.74, 6) is 0.551. The molecule has 0 aliphatic heterocycles. The Kier molecular flexibility index (Phi) is 4.68. The van der Waals surface area contributed by atoms with Crippen molar-refractivity contribution in [1.29, 1.82) is 0 Å². The fraction of sp³-hybridized carbons (Fsp3) is 0.800.